The molecule has 0 atom stereocenters. The Kier molecular flexibility index (Phi) is 3.53. The van der Waals surface area contributed by atoms with Crippen molar-refractivity contribution >= 4 is 17.6 Å². The van der Waals surface area contributed by atoms with Gasteiger partial charge in [-0.15, -0.1) is 0 Å². The van der Waals surface area contributed by atoms with Crippen LogP contribution in [0.5, 0.6) is 0 Å². The minimum atomic E-state index is 0.627. The van der Waals surface area contributed by atoms with E-state index in [0.717, 1.165) is 17.0 Å². The number of hydrogen-bond acceptors (Lipinski definition) is 3. The third-order valence-corrected chi connectivity index (χ3v) is 2.54. The number of aromatic nitrogens is 1. The van der Waals surface area contributed by atoms with Gasteiger partial charge in [-0.1, -0.05) is 30.8 Å². The molecule has 2 rings (SSSR count). The van der Waals surface area contributed by atoms with Gasteiger partial charge < -0.3 is 5.73 Å². The molecule has 0 saturated heterocycles. The van der Waals surface area contributed by atoms with E-state index < -0.39 is 0 Å². The molecule has 0 unspecified atom stereocenters. The maximum Gasteiger partial charge on any atom is 0.0883 e. The predicted octanol–water partition coefficient (Wildman–Crippen LogP) is 3.06. The lowest BCUT2D eigenvalue weighted by Crippen LogP contribution is -1.93. The van der Waals surface area contributed by atoms with Crippen molar-refractivity contribution in [3.8, 4) is 0 Å². The number of para-hydroxylation sites is 1. The Labute approximate surface area is 107 Å². The number of hydrogen-bond donors (Lipinski definition) is 1. The average Bonchev–Trinajstić information content (AvgIpc) is 2.37. The molecule has 0 aliphatic heterocycles. The highest BCUT2D eigenvalue weighted by Crippen LogP contribution is 2.13. The SMILES string of the molecule is C=C(N=Cc1ccccc1N)c1cccc(C)n1. The summed E-state index contributed by atoms with van der Waals surface area (Å²) >= 11 is 0. The molecule has 90 valence electrons. The number of nitrogens with zero attached hydrogens (tertiary/aromatic N) is 2. The van der Waals surface area contributed by atoms with Crippen LogP contribution in [0, 0.1) is 6.92 Å². The van der Waals surface area contributed by atoms with Gasteiger partial charge in [0.25, 0.3) is 0 Å². The first-order valence-corrected chi connectivity index (χ1v) is 5.68. The van der Waals surface area contributed by atoms with E-state index in [1.54, 1.807) is 6.21 Å². The van der Waals surface area contributed by atoms with Gasteiger partial charge in [0, 0.05) is 23.2 Å². The molecule has 18 heavy (non-hydrogen) atoms. The number of pyridine rings is 1. The first-order chi connectivity index (χ1) is 8.66. The van der Waals surface area contributed by atoms with Crippen molar-refractivity contribution < 1.29 is 0 Å². The first-order valence-electron chi connectivity index (χ1n) is 5.68. The van der Waals surface area contributed by atoms with Gasteiger partial charge in [-0.25, -0.2) is 0 Å². The van der Waals surface area contributed by atoms with Gasteiger partial charge >= 0.3 is 0 Å². The monoisotopic (exact) mass is 237 g/mol. The number of benzene rings is 1. The zero-order valence-corrected chi connectivity index (χ0v) is 10.3. The van der Waals surface area contributed by atoms with Gasteiger partial charge in [-0.05, 0) is 25.1 Å². The van der Waals surface area contributed by atoms with Crippen molar-refractivity contribution in [2.24, 2.45) is 4.99 Å². The van der Waals surface area contributed by atoms with E-state index in [9.17, 15) is 0 Å². The molecule has 0 saturated carbocycles. The highest BCUT2D eigenvalue weighted by molar-refractivity contribution is 5.89. The van der Waals surface area contributed by atoms with E-state index in [0.29, 0.717) is 11.4 Å². The summed E-state index contributed by atoms with van der Waals surface area (Å²) in [6, 6.07) is 13.3. The number of nitrogens with two attached hydrogens (primary N) is 1. The second-order valence-electron chi connectivity index (χ2n) is 4.00. The van der Waals surface area contributed by atoms with Gasteiger partial charge in [0.2, 0.25) is 0 Å². The van der Waals surface area contributed by atoms with Crippen molar-refractivity contribution in [2.45, 2.75) is 6.92 Å². The molecule has 2 aromatic rings. The van der Waals surface area contributed by atoms with Crippen LogP contribution in [0.25, 0.3) is 5.70 Å². The van der Waals surface area contributed by atoms with Crippen molar-refractivity contribution in [2.75, 3.05) is 5.73 Å². The van der Waals surface area contributed by atoms with Crippen LogP contribution in [0.3, 0.4) is 0 Å². The molecule has 0 amide bonds. The quantitative estimate of drug-likeness (QED) is 0.659. The van der Waals surface area contributed by atoms with Crippen molar-refractivity contribution in [1.29, 1.82) is 0 Å². The van der Waals surface area contributed by atoms with Gasteiger partial charge in [0.1, 0.15) is 0 Å². The second-order valence-corrected chi connectivity index (χ2v) is 4.00. The fraction of sp³-hybridized carbons (Fsp3) is 0.0667. The Balaban J connectivity index is 2.20. The van der Waals surface area contributed by atoms with E-state index in [1.165, 1.54) is 0 Å². The van der Waals surface area contributed by atoms with Crippen LogP contribution in [0.2, 0.25) is 0 Å². The van der Waals surface area contributed by atoms with Crippen LogP contribution < -0.4 is 5.73 Å². The van der Waals surface area contributed by atoms with Crippen molar-refractivity contribution in [1.82, 2.24) is 4.98 Å². The van der Waals surface area contributed by atoms with E-state index in [-0.39, 0.29) is 0 Å². The molecule has 0 fully saturated rings. The smallest absolute Gasteiger partial charge is 0.0883 e. The second kappa shape index (κ2) is 5.27. The van der Waals surface area contributed by atoms with E-state index >= 15 is 0 Å². The van der Waals surface area contributed by atoms with Crippen LogP contribution >= 0.6 is 0 Å². The molecule has 3 heteroatoms. The van der Waals surface area contributed by atoms with Gasteiger partial charge in [0.05, 0.1) is 11.4 Å². The third kappa shape index (κ3) is 2.83. The average molecular weight is 237 g/mol. The minimum Gasteiger partial charge on any atom is -0.398 e. The summed E-state index contributed by atoms with van der Waals surface area (Å²) < 4.78 is 0. The topological polar surface area (TPSA) is 51.3 Å². The summed E-state index contributed by atoms with van der Waals surface area (Å²) in [7, 11) is 0. The molecular weight excluding hydrogens is 222 g/mol. The number of aliphatic imine (C=N–C) groups is 1. The zero-order chi connectivity index (χ0) is 13.0. The Morgan fingerprint density at radius 3 is 2.72 bits per heavy atom. The maximum atomic E-state index is 5.83. The zero-order valence-electron chi connectivity index (χ0n) is 10.3. The van der Waals surface area contributed by atoms with Crippen LogP contribution in [-0.2, 0) is 0 Å². The summed E-state index contributed by atoms with van der Waals surface area (Å²) in [6.07, 6.45) is 1.71. The third-order valence-electron chi connectivity index (χ3n) is 2.54. The Morgan fingerprint density at radius 1 is 1.22 bits per heavy atom. The molecule has 0 aliphatic rings. The molecule has 0 bridgehead atoms. The summed E-state index contributed by atoms with van der Waals surface area (Å²) in [4.78, 5) is 8.67. The molecule has 3 nitrogen and oxygen atoms in total. The molecule has 1 aromatic heterocycles. The lowest BCUT2D eigenvalue weighted by Gasteiger charge is -2.01. The largest absolute Gasteiger partial charge is 0.398 e. The standard InChI is InChI=1S/C15H15N3/c1-11-6-5-9-15(18-11)12(2)17-10-13-7-3-4-8-14(13)16/h3-10H,2,16H2,1H3. The van der Waals surface area contributed by atoms with Crippen molar-refractivity contribution in [3.63, 3.8) is 0 Å². The molecule has 2 N–H and O–H groups in total. The molecule has 1 aromatic carbocycles. The summed E-state index contributed by atoms with van der Waals surface area (Å²) in [5, 5.41) is 0. The van der Waals surface area contributed by atoms with Crippen molar-refractivity contribution in [3.05, 3.63) is 66.0 Å². The lowest BCUT2D eigenvalue weighted by molar-refractivity contribution is 1.16. The van der Waals surface area contributed by atoms with E-state index in [1.807, 2.05) is 49.4 Å². The Bertz CT molecular complexity index is 600. The fourth-order valence-electron chi connectivity index (χ4n) is 1.55. The number of anilines is 1. The van der Waals surface area contributed by atoms with E-state index in [2.05, 4.69) is 16.6 Å². The Hall–Kier alpha value is -2.42. The van der Waals surface area contributed by atoms with Crippen LogP contribution in [0.4, 0.5) is 5.69 Å². The summed E-state index contributed by atoms with van der Waals surface area (Å²) in [6.45, 7) is 5.85. The van der Waals surface area contributed by atoms with Gasteiger partial charge in [0.15, 0.2) is 0 Å². The number of nitrogen functional groups attached to an aromatic ring is 1. The highest BCUT2D eigenvalue weighted by atomic mass is 14.8. The molecular formula is C15H15N3. The molecule has 1 heterocycles. The maximum absolute atomic E-state index is 5.83. The predicted molar refractivity (Wildman–Crippen MR) is 76.5 cm³/mol. The molecule has 0 radical (unpaired) electrons. The van der Waals surface area contributed by atoms with E-state index in [4.69, 9.17) is 5.73 Å². The summed E-state index contributed by atoms with van der Waals surface area (Å²) in [5.74, 6) is 0. The van der Waals surface area contributed by atoms with Gasteiger partial charge in [-0.3, -0.25) is 9.98 Å². The van der Waals surface area contributed by atoms with Crippen LogP contribution in [-0.4, -0.2) is 11.2 Å². The number of aryl methyl sites for hydroxylation is 1. The van der Waals surface area contributed by atoms with Gasteiger partial charge in [-0.2, -0.15) is 0 Å². The number of rotatable bonds is 3. The van der Waals surface area contributed by atoms with Crippen LogP contribution in [0.15, 0.2) is 54.0 Å². The minimum absolute atomic E-state index is 0.627. The normalized spacial score (nSPS) is 10.7. The lowest BCUT2D eigenvalue weighted by atomic mass is 10.2. The highest BCUT2D eigenvalue weighted by Gasteiger charge is 1.99. The molecule has 0 aliphatic carbocycles. The van der Waals surface area contributed by atoms with Crippen LogP contribution in [0.1, 0.15) is 17.0 Å². The fourth-order valence-corrected chi connectivity index (χ4v) is 1.55. The first kappa shape index (κ1) is 12.0. The Morgan fingerprint density at radius 2 is 2.00 bits per heavy atom. The summed E-state index contributed by atoms with van der Waals surface area (Å²) in [5.41, 5.74) is 9.77. The molecule has 0 spiro atoms.